The van der Waals surface area contributed by atoms with Gasteiger partial charge in [-0.1, -0.05) is 44.4 Å². The van der Waals surface area contributed by atoms with Gasteiger partial charge in [-0.2, -0.15) is 8.42 Å². The Morgan fingerprint density at radius 3 is 2.04 bits per heavy atom. The van der Waals surface area contributed by atoms with E-state index in [9.17, 15) is 13.2 Å². The third-order valence-corrected chi connectivity index (χ3v) is 4.17. The Morgan fingerprint density at radius 1 is 1.22 bits per heavy atom. The van der Waals surface area contributed by atoms with Crippen LogP contribution in [0, 0.1) is 12.8 Å². The Labute approximate surface area is 138 Å². The minimum atomic E-state index is -4.02. The maximum absolute atomic E-state index is 10.9. The smallest absolute Gasteiger partial charge is 0.322 e. The first-order valence-electron chi connectivity index (χ1n) is 7.58. The molecule has 0 fully saturated rings. The van der Waals surface area contributed by atoms with Gasteiger partial charge in [-0.3, -0.25) is 9.35 Å². The normalized spacial score (nSPS) is 12.3. The molecule has 0 spiro atoms. The molecule has 7 heteroatoms. The van der Waals surface area contributed by atoms with Gasteiger partial charge in [0.2, 0.25) is 0 Å². The minimum absolute atomic E-state index is 0.0666. The molecule has 0 radical (unpaired) electrons. The van der Waals surface area contributed by atoms with Crippen LogP contribution in [-0.4, -0.2) is 31.6 Å². The lowest BCUT2D eigenvalue weighted by Gasteiger charge is -2.13. The van der Waals surface area contributed by atoms with E-state index in [1.807, 2.05) is 6.92 Å². The summed E-state index contributed by atoms with van der Waals surface area (Å²) in [5, 5.41) is 0. The van der Waals surface area contributed by atoms with Crippen LogP contribution >= 0.6 is 0 Å². The lowest BCUT2D eigenvalue weighted by Crippen LogP contribution is -2.30. The summed E-state index contributed by atoms with van der Waals surface area (Å²) in [7, 11) is -4.02. The monoisotopic (exact) mass is 345 g/mol. The van der Waals surface area contributed by atoms with E-state index in [4.69, 9.17) is 15.0 Å². The molecule has 1 atom stereocenters. The van der Waals surface area contributed by atoms with E-state index in [2.05, 4.69) is 13.8 Å². The van der Waals surface area contributed by atoms with Crippen molar-refractivity contribution in [1.29, 1.82) is 0 Å². The quantitative estimate of drug-likeness (QED) is 0.606. The lowest BCUT2D eigenvalue weighted by molar-refractivity contribution is -0.146. The van der Waals surface area contributed by atoms with Gasteiger partial charge in [-0.25, -0.2) is 0 Å². The fourth-order valence-corrected chi connectivity index (χ4v) is 2.05. The molecule has 0 aliphatic heterocycles. The van der Waals surface area contributed by atoms with Gasteiger partial charge in [0, 0.05) is 0 Å². The van der Waals surface area contributed by atoms with Crippen molar-refractivity contribution in [2.24, 2.45) is 11.7 Å². The summed E-state index contributed by atoms with van der Waals surface area (Å²) in [5.41, 5.74) is 6.29. The van der Waals surface area contributed by atoms with Gasteiger partial charge >= 0.3 is 5.97 Å². The average molecular weight is 345 g/mol. The number of carbonyl (C=O) groups excluding carboxylic acids is 1. The van der Waals surface area contributed by atoms with Crippen LogP contribution < -0.4 is 5.73 Å². The fraction of sp³-hybridized carbons (Fsp3) is 0.562. The highest BCUT2D eigenvalue weighted by Gasteiger charge is 2.11. The maximum atomic E-state index is 10.9. The van der Waals surface area contributed by atoms with Crippen LogP contribution in [0.5, 0.6) is 0 Å². The van der Waals surface area contributed by atoms with Crippen molar-refractivity contribution in [3.8, 4) is 0 Å². The summed E-state index contributed by atoms with van der Waals surface area (Å²) in [6.07, 6.45) is 2.09. The van der Waals surface area contributed by atoms with Crippen LogP contribution in [0.1, 0.15) is 39.2 Å². The van der Waals surface area contributed by atoms with Gasteiger partial charge < -0.3 is 10.5 Å². The highest BCUT2D eigenvalue weighted by Crippen LogP contribution is 2.09. The van der Waals surface area contributed by atoms with Crippen molar-refractivity contribution in [2.45, 2.75) is 51.5 Å². The summed E-state index contributed by atoms with van der Waals surface area (Å²) in [5.74, 6) is 0.176. The van der Waals surface area contributed by atoms with Gasteiger partial charge in [-0.05, 0) is 31.9 Å². The zero-order valence-corrected chi connectivity index (χ0v) is 15.0. The first-order valence-corrected chi connectivity index (χ1v) is 9.02. The van der Waals surface area contributed by atoms with E-state index < -0.39 is 16.2 Å². The topological polar surface area (TPSA) is 107 Å². The molecule has 1 aromatic rings. The second-order valence-electron chi connectivity index (χ2n) is 5.39. The molecule has 0 heterocycles. The number of aryl methyl sites for hydroxylation is 1. The first kappa shape index (κ1) is 21.6. The highest BCUT2D eigenvalue weighted by molar-refractivity contribution is 7.85. The number of esters is 1. The lowest BCUT2D eigenvalue weighted by atomic mass is 10.1. The molecule has 0 aliphatic carbocycles. The van der Waals surface area contributed by atoms with Crippen LogP contribution in [0.25, 0.3) is 0 Å². The molecule has 1 aromatic carbocycles. The van der Waals surface area contributed by atoms with E-state index in [1.165, 1.54) is 12.1 Å². The zero-order valence-electron chi connectivity index (χ0n) is 14.2. The molecule has 3 N–H and O–H groups in total. The number of hydrogen-bond acceptors (Lipinski definition) is 5. The summed E-state index contributed by atoms with van der Waals surface area (Å²) in [6.45, 7) is 8.16. The third kappa shape index (κ3) is 9.32. The maximum Gasteiger partial charge on any atom is 0.322 e. The van der Waals surface area contributed by atoms with E-state index in [0.717, 1.165) is 18.4 Å². The number of ether oxygens (including phenoxy) is 1. The average Bonchev–Trinajstić information content (AvgIpc) is 2.48. The molecule has 6 nitrogen and oxygen atoms in total. The standard InChI is InChI=1S/C9H19NO2.C7H8O3S/c1-4-8(5-2)6-12-9(11)7(3)10;1-6-2-4-7(5-3-6)11(8,9)10/h7-8H,4-6,10H2,1-3H3;2-5H,1H3,(H,8,9,10). The molecule has 0 aliphatic rings. The molecule has 1 unspecified atom stereocenters. The molecule has 0 bridgehead atoms. The summed E-state index contributed by atoms with van der Waals surface area (Å²) in [6, 6.07) is 5.49. The van der Waals surface area contributed by atoms with Gasteiger partial charge in [0.25, 0.3) is 10.1 Å². The summed E-state index contributed by atoms with van der Waals surface area (Å²) >= 11 is 0. The molecular formula is C16H27NO5S. The number of nitrogens with two attached hydrogens (primary N) is 1. The van der Waals surface area contributed by atoms with E-state index in [0.29, 0.717) is 12.5 Å². The molecule has 0 amide bonds. The Kier molecular flexibility index (Phi) is 9.71. The molecule has 0 saturated carbocycles. The Morgan fingerprint density at radius 2 is 1.70 bits per heavy atom. The van der Waals surface area contributed by atoms with Crippen molar-refractivity contribution >= 4 is 16.1 Å². The number of rotatable bonds is 6. The number of hydrogen-bond donors (Lipinski definition) is 2. The van der Waals surface area contributed by atoms with Crippen LogP contribution in [0.4, 0.5) is 0 Å². The van der Waals surface area contributed by atoms with Gasteiger partial charge in [0.05, 0.1) is 11.5 Å². The third-order valence-electron chi connectivity index (χ3n) is 3.31. The Hall–Kier alpha value is -1.44. The highest BCUT2D eigenvalue weighted by atomic mass is 32.2. The SMILES string of the molecule is CCC(CC)COC(=O)C(C)N.Cc1ccc(S(=O)(=O)O)cc1. The van der Waals surface area contributed by atoms with Crippen LogP contribution in [0.15, 0.2) is 29.2 Å². The van der Waals surface area contributed by atoms with E-state index in [-0.39, 0.29) is 10.9 Å². The molecule has 23 heavy (non-hydrogen) atoms. The predicted molar refractivity (Wildman–Crippen MR) is 89.7 cm³/mol. The molecular weight excluding hydrogens is 318 g/mol. The summed E-state index contributed by atoms with van der Waals surface area (Å²) < 4.78 is 34.5. The van der Waals surface area contributed by atoms with E-state index >= 15 is 0 Å². The van der Waals surface area contributed by atoms with Crippen molar-refractivity contribution in [1.82, 2.24) is 0 Å². The first-order chi connectivity index (χ1) is 10.6. The van der Waals surface area contributed by atoms with Crippen molar-refractivity contribution in [3.63, 3.8) is 0 Å². The minimum Gasteiger partial charge on any atom is -0.464 e. The Balaban J connectivity index is 0.000000422. The van der Waals surface area contributed by atoms with Gasteiger partial charge in [-0.15, -0.1) is 0 Å². The molecule has 132 valence electrons. The number of carbonyl (C=O) groups is 1. The fourth-order valence-electron chi connectivity index (χ4n) is 1.57. The van der Waals surface area contributed by atoms with Crippen molar-refractivity contribution in [2.75, 3.05) is 6.61 Å². The molecule has 0 aromatic heterocycles. The van der Waals surface area contributed by atoms with Gasteiger partial charge in [0.15, 0.2) is 0 Å². The molecule has 1 rings (SSSR count). The van der Waals surface area contributed by atoms with Gasteiger partial charge in [0.1, 0.15) is 6.04 Å². The summed E-state index contributed by atoms with van der Waals surface area (Å²) in [4.78, 5) is 10.9. The van der Waals surface area contributed by atoms with Crippen LogP contribution in [0.2, 0.25) is 0 Å². The second-order valence-corrected chi connectivity index (χ2v) is 6.81. The van der Waals surface area contributed by atoms with Crippen molar-refractivity contribution < 1.29 is 22.5 Å². The predicted octanol–water partition coefficient (Wildman–Crippen LogP) is 2.55. The van der Waals surface area contributed by atoms with E-state index in [1.54, 1.807) is 19.1 Å². The van der Waals surface area contributed by atoms with Crippen LogP contribution in [0.3, 0.4) is 0 Å². The largest absolute Gasteiger partial charge is 0.464 e. The van der Waals surface area contributed by atoms with Crippen molar-refractivity contribution in [3.05, 3.63) is 29.8 Å². The second kappa shape index (κ2) is 10.4. The molecule has 0 saturated heterocycles. The Bertz CT molecular complexity index is 563. The number of benzene rings is 1. The zero-order chi connectivity index (χ0) is 18.0. The van der Waals surface area contributed by atoms with Crippen LogP contribution in [-0.2, 0) is 19.6 Å².